The van der Waals surface area contributed by atoms with Gasteiger partial charge in [-0.15, -0.1) is 0 Å². The second-order valence-corrected chi connectivity index (χ2v) is 8.40. The zero-order valence-electron chi connectivity index (χ0n) is 18.6. The molecule has 2 unspecified atom stereocenters. The Morgan fingerprint density at radius 1 is 0.844 bits per heavy atom. The van der Waals surface area contributed by atoms with Crippen molar-refractivity contribution in [2.24, 2.45) is 11.0 Å². The van der Waals surface area contributed by atoms with Crippen molar-refractivity contribution in [2.45, 2.75) is 51.2 Å². The molecular formula is C28H33N3O. The zero-order chi connectivity index (χ0) is 21.8. The molecule has 0 heterocycles. The molecule has 0 spiro atoms. The van der Waals surface area contributed by atoms with Crippen molar-refractivity contribution in [3.63, 3.8) is 0 Å². The van der Waals surface area contributed by atoms with Gasteiger partial charge in [0.1, 0.15) is 0 Å². The fraction of sp³-hybridized carbons (Fsp3) is 0.321. The van der Waals surface area contributed by atoms with Gasteiger partial charge < -0.3 is 0 Å². The molecule has 1 N–H and O–H groups in total. The van der Waals surface area contributed by atoms with E-state index in [-0.39, 0.29) is 0 Å². The van der Waals surface area contributed by atoms with E-state index in [4.69, 9.17) is 9.94 Å². The zero-order valence-corrected chi connectivity index (χ0v) is 18.6. The van der Waals surface area contributed by atoms with Gasteiger partial charge in [0.15, 0.2) is 0 Å². The summed E-state index contributed by atoms with van der Waals surface area (Å²) in [6, 6.07) is 31.4. The Bertz CT molecular complexity index is 891. The van der Waals surface area contributed by atoms with Crippen molar-refractivity contribution in [3.8, 4) is 0 Å². The maximum absolute atomic E-state index is 5.81. The van der Waals surface area contributed by atoms with Crippen LogP contribution in [-0.4, -0.2) is 12.3 Å². The maximum Gasteiger partial charge on any atom is 0.0933 e. The molecule has 0 saturated heterocycles. The third-order valence-corrected chi connectivity index (χ3v) is 6.08. The summed E-state index contributed by atoms with van der Waals surface area (Å²) in [7, 11) is 0. The van der Waals surface area contributed by atoms with Gasteiger partial charge in [0.2, 0.25) is 0 Å². The lowest BCUT2D eigenvalue weighted by Gasteiger charge is -2.21. The van der Waals surface area contributed by atoms with Gasteiger partial charge in [-0.05, 0) is 67.9 Å². The molecule has 4 nitrogen and oxygen atoms in total. The SMILES string of the molecule is C(/CCCC1CCCC1NOCc1ccccc1)=N\N(c1ccccc1)c1ccccc1. The second kappa shape index (κ2) is 12.2. The smallest absolute Gasteiger partial charge is 0.0933 e. The van der Waals surface area contributed by atoms with Crippen molar-refractivity contribution in [2.75, 3.05) is 5.01 Å². The third-order valence-electron chi connectivity index (χ3n) is 6.08. The molecule has 0 aliphatic heterocycles. The van der Waals surface area contributed by atoms with E-state index in [1.54, 1.807) is 0 Å². The molecule has 3 aromatic rings. The fourth-order valence-corrected chi connectivity index (χ4v) is 4.38. The number of para-hydroxylation sites is 2. The monoisotopic (exact) mass is 427 g/mol. The Morgan fingerprint density at radius 3 is 2.12 bits per heavy atom. The number of unbranched alkanes of at least 4 members (excludes halogenated alkanes) is 1. The number of hydroxylamine groups is 1. The van der Waals surface area contributed by atoms with E-state index in [9.17, 15) is 0 Å². The molecule has 4 rings (SSSR count). The minimum atomic E-state index is 0.459. The van der Waals surface area contributed by atoms with E-state index in [2.05, 4.69) is 60.2 Å². The summed E-state index contributed by atoms with van der Waals surface area (Å²) in [6.07, 6.45) is 9.14. The topological polar surface area (TPSA) is 36.9 Å². The number of nitrogens with zero attached hydrogens (tertiary/aromatic N) is 2. The number of nitrogens with one attached hydrogen (secondary N) is 1. The molecule has 166 valence electrons. The lowest BCUT2D eigenvalue weighted by molar-refractivity contribution is -0.00592. The predicted octanol–water partition coefficient (Wildman–Crippen LogP) is 6.87. The van der Waals surface area contributed by atoms with Crippen LogP contribution in [0.4, 0.5) is 11.4 Å². The van der Waals surface area contributed by atoms with Crippen LogP contribution < -0.4 is 10.5 Å². The number of anilines is 2. The molecule has 1 fully saturated rings. The second-order valence-electron chi connectivity index (χ2n) is 8.40. The summed E-state index contributed by atoms with van der Waals surface area (Å²) >= 11 is 0. The summed E-state index contributed by atoms with van der Waals surface area (Å²) in [5, 5.41) is 6.81. The molecule has 0 radical (unpaired) electrons. The summed E-state index contributed by atoms with van der Waals surface area (Å²) in [6.45, 7) is 0.617. The van der Waals surface area contributed by atoms with Crippen LogP contribution >= 0.6 is 0 Å². The van der Waals surface area contributed by atoms with Crippen molar-refractivity contribution in [1.29, 1.82) is 0 Å². The van der Waals surface area contributed by atoms with Gasteiger partial charge in [0, 0.05) is 12.3 Å². The highest BCUT2D eigenvalue weighted by Crippen LogP contribution is 2.30. The quantitative estimate of drug-likeness (QED) is 0.206. The first-order valence-corrected chi connectivity index (χ1v) is 11.7. The molecule has 2 atom stereocenters. The van der Waals surface area contributed by atoms with Gasteiger partial charge in [0.25, 0.3) is 0 Å². The number of rotatable bonds is 11. The van der Waals surface area contributed by atoms with Crippen LogP contribution in [0.5, 0.6) is 0 Å². The van der Waals surface area contributed by atoms with Crippen LogP contribution in [0.25, 0.3) is 0 Å². The highest BCUT2D eigenvalue weighted by molar-refractivity contribution is 5.67. The van der Waals surface area contributed by atoms with Crippen molar-refractivity contribution in [1.82, 2.24) is 5.48 Å². The van der Waals surface area contributed by atoms with Crippen molar-refractivity contribution in [3.05, 3.63) is 96.6 Å². The summed E-state index contributed by atoms with van der Waals surface area (Å²) in [5.41, 5.74) is 6.69. The molecule has 1 aliphatic rings. The van der Waals surface area contributed by atoms with Crippen LogP contribution in [0, 0.1) is 5.92 Å². The van der Waals surface area contributed by atoms with E-state index in [0.717, 1.165) is 24.2 Å². The summed E-state index contributed by atoms with van der Waals surface area (Å²) < 4.78 is 0. The van der Waals surface area contributed by atoms with Crippen LogP contribution in [0.15, 0.2) is 96.1 Å². The Morgan fingerprint density at radius 2 is 1.47 bits per heavy atom. The van der Waals surface area contributed by atoms with Crippen molar-refractivity contribution >= 4 is 17.6 Å². The first-order chi connectivity index (χ1) is 15.9. The maximum atomic E-state index is 5.81. The highest BCUT2D eigenvalue weighted by atomic mass is 16.6. The summed E-state index contributed by atoms with van der Waals surface area (Å²) in [5.74, 6) is 0.679. The predicted molar refractivity (Wildman–Crippen MR) is 133 cm³/mol. The van der Waals surface area contributed by atoms with Crippen molar-refractivity contribution < 1.29 is 4.84 Å². The first-order valence-electron chi connectivity index (χ1n) is 11.7. The Hall–Kier alpha value is -2.95. The number of hydrazone groups is 1. The molecule has 0 amide bonds. The van der Waals surface area contributed by atoms with Crippen LogP contribution in [0.3, 0.4) is 0 Å². The minimum absolute atomic E-state index is 0.459. The van der Waals surface area contributed by atoms with Gasteiger partial charge in [-0.2, -0.15) is 10.6 Å². The molecule has 1 aliphatic carbocycles. The van der Waals surface area contributed by atoms with Gasteiger partial charge >= 0.3 is 0 Å². The number of benzene rings is 3. The molecule has 4 heteroatoms. The fourth-order valence-electron chi connectivity index (χ4n) is 4.38. The third kappa shape index (κ3) is 6.52. The standard InChI is InChI=1S/C28H33N3O/c1-4-13-24(14-5-1)23-32-30-28-21-12-16-25(28)15-10-11-22-29-31(26-17-6-2-7-18-26)27-19-8-3-9-20-27/h1-9,13-14,17-20,22,25,28,30H,10-12,15-16,21,23H2/b29-22+. The van der Waals surface area contributed by atoms with Crippen LogP contribution in [0.2, 0.25) is 0 Å². The molecular weight excluding hydrogens is 394 g/mol. The largest absolute Gasteiger partial charge is 0.297 e. The minimum Gasteiger partial charge on any atom is -0.297 e. The van der Waals surface area contributed by atoms with Crippen LogP contribution in [0.1, 0.15) is 44.1 Å². The van der Waals surface area contributed by atoms with Gasteiger partial charge in [-0.25, -0.2) is 5.01 Å². The lowest BCUT2D eigenvalue weighted by Crippen LogP contribution is -2.32. The summed E-state index contributed by atoms with van der Waals surface area (Å²) in [4.78, 5) is 5.81. The molecule has 1 saturated carbocycles. The Labute approximate surface area is 191 Å². The average Bonchev–Trinajstić information content (AvgIpc) is 3.30. The van der Waals surface area contributed by atoms with Gasteiger partial charge in [0.05, 0.1) is 18.0 Å². The number of hydrogen-bond acceptors (Lipinski definition) is 4. The van der Waals surface area contributed by atoms with Gasteiger partial charge in [-0.1, -0.05) is 73.2 Å². The van der Waals surface area contributed by atoms with E-state index >= 15 is 0 Å². The lowest BCUT2D eigenvalue weighted by atomic mass is 9.97. The highest BCUT2D eigenvalue weighted by Gasteiger charge is 2.26. The van der Waals surface area contributed by atoms with E-state index in [0.29, 0.717) is 18.6 Å². The van der Waals surface area contributed by atoms with E-state index in [1.165, 1.54) is 31.2 Å². The first kappa shape index (κ1) is 22.3. The molecule has 3 aromatic carbocycles. The molecule has 0 aromatic heterocycles. The normalized spacial score (nSPS) is 18.2. The van der Waals surface area contributed by atoms with E-state index < -0.39 is 0 Å². The molecule has 32 heavy (non-hydrogen) atoms. The Balaban J connectivity index is 1.24. The Kier molecular flexibility index (Phi) is 8.47. The number of hydrogen-bond donors (Lipinski definition) is 1. The van der Waals surface area contributed by atoms with Gasteiger partial charge in [-0.3, -0.25) is 4.84 Å². The average molecular weight is 428 g/mol. The van der Waals surface area contributed by atoms with Crippen LogP contribution in [-0.2, 0) is 11.4 Å². The van der Waals surface area contributed by atoms with E-state index in [1.807, 2.05) is 47.5 Å². The molecule has 0 bridgehead atoms.